The molecule has 1 saturated heterocycles. The molecular formula is C12H16FN. The molecule has 14 heavy (non-hydrogen) atoms. The van der Waals surface area contributed by atoms with E-state index in [4.69, 9.17) is 0 Å². The van der Waals surface area contributed by atoms with Gasteiger partial charge in [0.15, 0.2) is 0 Å². The molecule has 1 fully saturated rings. The van der Waals surface area contributed by atoms with Crippen LogP contribution in [0.25, 0.3) is 0 Å². The van der Waals surface area contributed by atoms with Crippen LogP contribution in [0.2, 0.25) is 0 Å². The standard InChI is InChI=1S/C12H16FN/c1-9-2-4-10(5-3-9)12-8-11(13)6-7-14-12/h2-5,11-12,14H,6-8H2,1H3. The fraction of sp³-hybridized carbons (Fsp3) is 0.500. The maximum Gasteiger partial charge on any atom is 0.103 e. The number of rotatable bonds is 1. The van der Waals surface area contributed by atoms with Gasteiger partial charge in [-0.1, -0.05) is 29.8 Å². The second-order valence-electron chi connectivity index (χ2n) is 4.04. The van der Waals surface area contributed by atoms with Crippen LogP contribution in [0, 0.1) is 6.92 Å². The second kappa shape index (κ2) is 4.09. The smallest absolute Gasteiger partial charge is 0.103 e. The molecule has 1 N–H and O–H groups in total. The minimum Gasteiger partial charge on any atom is -0.310 e. The van der Waals surface area contributed by atoms with Gasteiger partial charge in [-0.3, -0.25) is 0 Å². The van der Waals surface area contributed by atoms with Crippen molar-refractivity contribution < 1.29 is 4.39 Å². The minimum absolute atomic E-state index is 0.208. The zero-order valence-electron chi connectivity index (χ0n) is 8.46. The maximum absolute atomic E-state index is 13.2. The third-order valence-electron chi connectivity index (χ3n) is 2.82. The van der Waals surface area contributed by atoms with E-state index in [2.05, 4.69) is 36.5 Å². The lowest BCUT2D eigenvalue weighted by Crippen LogP contribution is -2.32. The highest BCUT2D eigenvalue weighted by Crippen LogP contribution is 2.24. The minimum atomic E-state index is -0.637. The number of aryl methyl sites for hydroxylation is 1. The van der Waals surface area contributed by atoms with E-state index in [1.807, 2.05) is 0 Å². The van der Waals surface area contributed by atoms with Gasteiger partial charge in [0.25, 0.3) is 0 Å². The summed E-state index contributed by atoms with van der Waals surface area (Å²) >= 11 is 0. The van der Waals surface area contributed by atoms with Crippen molar-refractivity contribution >= 4 is 0 Å². The SMILES string of the molecule is Cc1ccc(C2CC(F)CCN2)cc1. The number of hydrogen-bond acceptors (Lipinski definition) is 1. The number of benzene rings is 1. The van der Waals surface area contributed by atoms with E-state index in [0.717, 1.165) is 6.54 Å². The second-order valence-corrected chi connectivity index (χ2v) is 4.04. The summed E-state index contributed by atoms with van der Waals surface area (Å²) in [5, 5.41) is 3.35. The normalized spacial score (nSPS) is 27.6. The summed E-state index contributed by atoms with van der Waals surface area (Å²) < 4.78 is 13.2. The number of halogens is 1. The number of hydrogen-bond donors (Lipinski definition) is 1. The first-order valence-corrected chi connectivity index (χ1v) is 5.20. The van der Waals surface area contributed by atoms with E-state index >= 15 is 0 Å². The molecule has 1 nitrogen and oxygen atoms in total. The molecule has 76 valence electrons. The van der Waals surface area contributed by atoms with E-state index < -0.39 is 6.17 Å². The maximum atomic E-state index is 13.2. The lowest BCUT2D eigenvalue weighted by Gasteiger charge is -2.26. The molecule has 0 aromatic heterocycles. The van der Waals surface area contributed by atoms with Crippen LogP contribution < -0.4 is 5.32 Å². The molecule has 1 heterocycles. The predicted molar refractivity (Wildman–Crippen MR) is 56.1 cm³/mol. The Morgan fingerprint density at radius 2 is 2.00 bits per heavy atom. The van der Waals surface area contributed by atoms with Gasteiger partial charge in [0.05, 0.1) is 0 Å². The van der Waals surface area contributed by atoms with Crippen molar-refractivity contribution in [1.29, 1.82) is 0 Å². The molecule has 0 saturated carbocycles. The van der Waals surface area contributed by atoms with Gasteiger partial charge in [-0.2, -0.15) is 0 Å². The van der Waals surface area contributed by atoms with Gasteiger partial charge in [-0.25, -0.2) is 4.39 Å². The summed E-state index contributed by atoms with van der Waals surface area (Å²) in [7, 11) is 0. The first-order valence-electron chi connectivity index (χ1n) is 5.20. The Morgan fingerprint density at radius 1 is 1.29 bits per heavy atom. The van der Waals surface area contributed by atoms with Crippen molar-refractivity contribution in [2.75, 3.05) is 6.54 Å². The van der Waals surface area contributed by atoms with Gasteiger partial charge in [-0.15, -0.1) is 0 Å². The molecule has 1 aliphatic rings. The van der Waals surface area contributed by atoms with Crippen molar-refractivity contribution in [3.8, 4) is 0 Å². The van der Waals surface area contributed by atoms with Gasteiger partial charge < -0.3 is 5.32 Å². The molecule has 0 radical (unpaired) electrons. The first kappa shape index (κ1) is 9.66. The van der Waals surface area contributed by atoms with Gasteiger partial charge in [0, 0.05) is 6.04 Å². The lowest BCUT2D eigenvalue weighted by atomic mass is 9.96. The van der Waals surface area contributed by atoms with Crippen molar-refractivity contribution in [1.82, 2.24) is 5.32 Å². The molecule has 2 heteroatoms. The molecular weight excluding hydrogens is 177 g/mol. The van der Waals surface area contributed by atoms with Crippen LogP contribution in [0.3, 0.4) is 0 Å². The highest BCUT2D eigenvalue weighted by molar-refractivity contribution is 5.24. The molecule has 2 atom stereocenters. The highest BCUT2D eigenvalue weighted by atomic mass is 19.1. The zero-order chi connectivity index (χ0) is 9.97. The van der Waals surface area contributed by atoms with E-state index in [1.165, 1.54) is 11.1 Å². The molecule has 0 aliphatic carbocycles. The van der Waals surface area contributed by atoms with Gasteiger partial charge in [0.2, 0.25) is 0 Å². The number of nitrogens with one attached hydrogen (secondary N) is 1. The molecule has 1 aromatic rings. The summed E-state index contributed by atoms with van der Waals surface area (Å²) in [6.45, 7) is 2.86. The Labute approximate surface area is 84.3 Å². The predicted octanol–water partition coefficient (Wildman–Crippen LogP) is 2.76. The lowest BCUT2D eigenvalue weighted by molar-refractivity contribution is 0.224. The summed E-state index contributed by atoms with van der Waals surface area (Å²) in [5.74, 6) is 0. The average Bonchev–Trinajstić information content (AvgIpc) is 2.19. The number of piperidine rings is 1. The largest absolute Gasteiger partial charge is 0.310 e. The van der Waals surface area contributed by atoms with Crippen molar-refractivity contribution in [3.63, 3.8) is 0 Å². The molecule has 1 aliphatic heterocycles. The Balaban J connectivity index is 2.10. The van der Waals surface area contributed by atoms with Crippen LogP contribution in [-0.2, 0) is 0 Å². The van der Waals surface area contributed by atoms with Crippen molar-refractivity contribution in [3.05, 3.63) is 35.4 Å². The molecule has 2 unspecified atom stereocenters. The van der Waals surface area contributed by atoms with Gasteiger partial charge in [-0.05, 0) is 31.9 Å². The van der Waals surface area contributed by atoms with Gasteiger partial charge in [0.1, 0.15) is 6.17 Å². The number of alkyl halides is 1. The van der Waals surface area contributed by atoms with E-state index in [0.29, 0.717) is 12.8 Å². The molecule has 0 spiro atoms. The third kappa shape index (κ3) is 2.13. The van der Waals surface area contributed by atoms with E-state index in [9.17, 15) is 4.39 Å². The summed E-state index contributed by atoms with van der Waals surface area (Å²) in [5.41, 5.74) is 2.46. The average molecular weight is 193 g/mol. The first-order chi connectivity index (χ1) is 6.75. The quantitative estimate of drug-likeness (QED) is 0.723. The zero-order valence-corrected chi connectivity index (χ0v) is 8.46. The third-order valence-corrected chi connectivity index (χ3v) is 2.82. The van der Waals surface area contributed by atoms with Crippen LogP contribution in [0.5, 0.6) is 0 Å². The Kier molecular flexibility index (Phi) is 2.82. The van der Waals surface area contributed by atoms with Crippen molar-refractivity contribution in [2.45, 2.75) is 32.0 Å². The van der Waals surface area contributed by atoms with E-state index in [-0.39, 0.29) is 6.04 Å². The molecule has 0 amide bonds. The molecule has 0 bridgehead atoms. The summed E-state index contributed by atoms with van der Waals surface area (Å²) in [6, 6.07) is 8.55. The van der Waals surface area contributed by atoms with Crippen LogP contribution in [-0.4, -0.2) is 12.7 Å². The highest BCUT2D eigenvalue weighted by Gasteiger charge is 2.21. The van der Waals surface area contributed by atoms with E-state index in [1.54, 1.807) is 0 Å². The van der Waals surface area contributed by atoms with Crippen molar-refractivity contribution in [2.24, 2.45) is 0 Å². The fourth-order valence-corrected chi connectivity index (χ4v) is 1.92. The van der Waals surface area contributed by atoms with Crippen LogP contribution in [0.1, 0.15) is 30.0 Å². The topological polar surface area (TPSA) is 12.0 Å². The molecule has 2 rings (SSSR count). The van der Waals surface area contributed by atoms with Gasteiger partial charge >= 0.3 is 0 Å². The Hall–Kier alpha value is -0.890. The summed E-state index contributed by atoms with van der Waals surface area (Å²) in [6.07, 6.45) is 0.633. The van der Waals surface area contributed by atoms with Crippen LogP contribution in [0.15, 0.2) is 24.3 Å². The molecule has 1 aromatic carbocycles. The Bertz CT molecular complexity index is 294. The Morgan fingerprint density at radius 3 is 2.64 bits per heavy atom. The monoisotopic (exact) mass is 193 g/mol. The van der Waals surface area contributed by atoms with Crippen LogP contribution in [0.4, 0.5) is 4.39 Å². The summed E-state index contributed by atoms with van der Waals surface area (Å²) in [4.78, 5) is 0. The van der Waals surface area contributed by atoms with Crippen LogP contribution >= 0.6 is 0 Å². The fourth-order valence-electron chi connectivity index (χ4n) is 1.92.